The largest absolute Gasteiger partial charge is 0.399 e. The number of nitrogens with two attached hydrogens (primary N) is 1. The van der Waals surface area contributed by atoms with Crippen LogP contribution in [-0.4, -0.2) is 25.7 Å². The SMILES string of the molecule is Cc1ccc(N)cc1C(=O)NCC1(c2ccccc2C)CCOCC1.Cl. The number of benzene rings is 2. The molecule has 3 rings (SSSR count). The van der Waals surface area contributed by atoms with Crippen molar-refractivity contribution in [1.29, 1.82) is 0 Å². The lowest BCUT2D eigenvalue weighted by atomic mass is 9.72. The number of nitrogens with one attached hydrogen (secondary N) is 1. The van der Waals surface area contributed by atoms with Gasteiger partial charge in [-0.25, -0.2) is 0 Å². The minimum atomic E-state index is -0.0759. The Morgan fingerprint density at radius 2 is 1.81 bits per heavy atom. The number of carbonyl (C=O) groups is 1. The van der Waals surface area contributed by atoms with Crippen LogP contribution >= 0.6 is 12.4 Å². The Balaban J connectivity index is 0.00000243. The Kier molecular flexibility index (Phi) is 6.68. The Bertz CT molecular complexity index is 770. The second-order valence-electron chi connectivity index (χ2n) is 6.96. The number of ether oxygens (including phenoxy) is 1. The van der Waals surface area contributed by atoms with Crippen LogP contribution in [0.15, 0.2) is 42.5 Å². The normalized spacial score (nSPS) is 15.8. The van der Waals surface area contributed by atoms with Crippen molar-refractivity contribution >= 4 is 24.0 Å². The molecule has 26 heavy (non-hydrogen) atoms. The molecule has 2 aromatic carbocycles. The molecule has 0 bridgehead atoms. The summed E-state index contributed by atoms with van der Waals surface area (Å²) < 4.78 is 5.58. The highest BCUT2D eigenvalue weighted by Gasteiger charge is 2.36. The molecular formula is C21H27ClN2O2. The van der Waals surface area contributed by atoms with E-state index in [0.29, 0.717) is 17.8 Å². The maximum absolute atomic E-state index is 12.7. The lowest BCUT2D eigenvalue weighted by molar-refractivity contribution is 0.0485. The zero-order valence-electron chi connectivity index (χ0n) is 15.4. The van der Waals surface area contributed by atoms with Crippen LogP contribution in [0.2, 0.25) is 0 Å². The molecule has 1 heterocycles. The molecule has 4 nitrogen and oxygen atoms in total. The zero-order valence-corrected chi connectivity index (χ0v) is 16.2. The summed E-state index contributed by atoms with van der Waals surface area (Å²) in [6, 6.07) is 13.9. The van der Waals surface area contributed by atoms with Crippen molar-refractivity contribution in [1.82, 2.24) is 5.32 Å². The number of rotatable bonds is 4. The van der Waals surface area contributed by atoms with Crippen molar-refractivity contribution in [3.63, 3.8) is 0 Å². The quantitative estimate of drug-likeness (QED) is 0.800. The van der Waals surface area contributed by atoms with Crippen LogP contribution in [0.1, 0.15) is 39.9 Å². The summed E-state index contributed by atoms with van der Waals surface area (Å²) in [4.78, 5) is 12.7. The highest BCUT2D eigenvalue weighted by molar-refractivity contribution is 5.96. The standard InChI is InChI=1S/C21H26N2O2.ClH/c1-15-7-8-17(22)13-18(15)20(24)23-14-21(9-11-25-12-10-21)19-6-4-3-5-16(19)2;/h3-8,13H,9-12,14,22H2,1-2H3,(H,23,24);1H. The molecule has 1 aliphatic heterocycles. The predicted molar refractivity (Wildman–Crippen MR) is 108 cm³/mol. The Morgan fingerprint density at radius 1 is 1.12 bits per heavy atom. The summed E-state index contributed by atoms with van der Waals surface area (Å²) >= 11 is 0. The predicted octanol–water partition coefficient (Wildman–Crippen LogP) is 3.79. The summed E-state index contributed by atoms with van der Waals surface area (Å²) in [5.41, 5.74) is 10.5. The van der Waals surface area contributed by atoms with Gasteiger partial charge in [0.25, 0.3) is 5.91 Å². The van der Waals surface area contributed by atoms with Crippen LogP contribution in [0.4, 0.5) is 5.69 Å². The monoisotopic (exact) mass is 374 g/mol. The number of halogens is 1. The average Bonchev–Trinajstić information content (AvgIpc) is 2.63. The van der Waals surface area contributed by atoms with Crippen LogP contribution in [-0.2, 0) is 10.2 Å². The van der Waals surface area contributed by atoms with Crippen LogP contribution in [0.5, 0.6) is 0 Å². The van der Waals surface area contributed by atoms with Gasteiger partial charge in [-0.3, -0.25) is 4.79 Å². The third kappa shape index (κ3) is 4.19. The highest BCUT2D eigenvalue weighted by atomic mass is 35.5. The molecule has 0 aromatic heterocycles. The molecule has 140 valence electrons. The lowest BCUT2D eigenvalue weighted by Crippen LogP contribution is -2.45. The first-order chi connectivity index (χ1) is 12.0. The van der Waals surface area contributed by atoms with Crippen molar-refractivity contribution in [2.75, 3.05) is 25.5 Å². The fraction of sp³-hybridized carbons (Fsp3) is 0.381. The van der Waals surface area contributed by atoms with E-state index in [0.717, 1.165) is 31.6 Å². The third-order valence-corrected chi connectivity index (χ3v) is 5.26. The van der Waals surface area contributed by atoms with Crippen molar-refractivity contribution in [2.45, 2.75) is 32.1 Å². The second-order valence-corrected chi connectivity index (χ2v) is 6.96. The Hall–Kier alpha value is -2.04. The van der Waals surface area contributed by atoms with E-state index in [-0.39, 0.29) is 23.7 Å². The summed E-state index contributed by atoms with van der Waals surface area (Å²) in [5, 5.41) is 3.15. The lowest BCUT2D eigenvalue weighted by Gasteiger charge is -2.39. The van der Waals surface area contributed by atoms with Gasteiger partial charge in [0.2, 0.25) is 0 Å². The van der Waals surface area contributed by atoms with E-state index in [4.69, 9.17) is 10.5 Å². The number of carbonyl (C=O) groups excluding carboxylic acids is 1. The first kappa shape index (κ1) is 20.3. The van der Waals surface area contributed by atoms with Gasteiger partial charge < -0.3 is 15.8 Å². The smallest absolute Gasteiger partial charge is 0.251 e. The molecule has 5 heteroatoms. The molecule has 0 spiro atoms. The number of hydrogen-bond acceptors (Lipinski definition) is 3. The fourth-order valence-corrected chi connectivity index (χ4v) is 3.70. The number of nitrogen functional groups attached to an aromatic ring is 1. The van der Waals surface area contributed by atoms with Crippen molar-refractivity contribution in [3.05, 3.63) is 64.7 Å². The van der Waals surface area contributed by atoms with Crippen molar-refractivity contribution in [3.8, 4) is 0 Å². The van der Waals surface area contributed by atoms with Crippen LogP contribution in [0.3, 0.4) is 0 Å². The first-order valence-corrected chi connectivity index (χ1v) is 8.80. The third-order valence-electron chi connectivity index (χ3n) is 5.26. The molecule has 0 radical (unpaired) electrons. The van der Waals surface area contributed by atoms with Crippen LogP contribution in [0.25, 0.3) is 0 Å². The van der Waals surface area contributed by atoms with E-state index in [1.54, 1.807) is 6.07 Å². The molecule has 1 aliphatic rings. The topological polar surface area (TPSA) is 64.4 Å². The van der Waals surface area contributed by atoms with Gasteiger partial charge in [-0.15, -0.1) is 12.4 Å². The molecule has 0 saturated carbocycles. The van der Waals surface area contributed by atoms with E-state index in [9.17, 15) is 4.79 Å². The van der Waals surface area contributed by atoms with Crippen molar-refractivity contribution < 1.29 is 9.53 Å². The summed E-state index contributed by atoms with van der Waals surface area (Å²) in [6.07, 6.45) is 1.82. The summed E-state index contributed by atoms with van der Waals surface area (Å²) in [7, 11) is 0. The molecule has 0 unspecified atom stereocenters. The Morgan fingerprint density at radius 3 is 2.50 bits per heavy atom. The zero-order chi connectivity index (χ0) is 17.9. The maximum Gasteiger partial charge on any atom is 0.251 e. The summed E-state index contributed by atoms with van der Waals surface area (Å²) in [6.45, 7) is 6.12. The minimum Gasteiger partial charge on any atom is -0.399 e. The van der Waals surface area contributed by atoms with Gasteiger partial charge >= 0.3 is 0 Å². The van der Waals surface area contributed by atoms with Gasteiger partial charge in [-0.2, -0.15) is 0 Å². The fourth-order valence-electron chi connectivity index (χ4n) is 3.70. The van der Waals surface area contributed by atoms with Gasteiger partial charge in [0.1, 0.15) is 0 Å². The molecule has 2 aromatic rings. The van der Waals surface area contributed by atoms with Crippen LogP contribution in [0, 0.1) is 13.8 Å². The highest BCUT2D eigenvalue weighted by Crippen LogP contribution is 2.36. The van der Waals surface area contributed by atoms with Gasteiger partial charge in [0, 0.05) is 36.4 Å². The van der Waals surface area contributed by atoms with Gasteiger partial charge in [0.15, 0.2) is 0 Å². The molecule has 0 aliphatic carbocycles. The Labute approximate surface area is 161 Å². The molecule has 1 fully saturated rings. The average molecular weight is 375 g/mol. The van der Waals surface area contributed by atoms with Crippen LogP contribution < -0.4 is 11.1 Å². The second kappa shape index (κ2) is 8.56. The van der Waals surface area contributed by atoms with Gasteiger partial charge in [0.05, 0.1) is 0 Å². The summed E-state index contributed by atoms with van der Waals surface area (Å²) in [5.74, 6) is -0.0655. The molecule has 1 amide bonds. The van der Waals surface area contributed by atoms with E-state index in [1.807, 2.05) is 19.1 Å². The molecular weight excluding hydrogens is 348 g/mol. The van der Waals surface area contributed by atoms with Crippen molar-refractivity contribution in [2.24, 2.45) is 0 Å². The van der Waals surface area contributed by atoms with E-state index < -0.39 is 0 Å². The van der Waals surface area contributed by atoms with E-state index >= 15 is 0 Å². The van der Waals surface area contributed by atoms with E-state index in [2.05, 4.69) is 36.5 Å². The number of anilines is 1. The number of hydrogen-bond donors (Lipinski definition) is 2. The van der Waals surface area contributed by atoms with Gasteiger partial charge in [-0.1, -0.05) is 30.3 Å². The maximum atomic E-state index is 12.7. The number of aryl methyl sites for hydroxylation is 2. The molecule has 1 saturated heterocycles. The minimum absolute atomic E-state index is 0. The molecule has 3 N–H and O–H groups in total. The van der Waals surface area contributed by atoms with E-state index in [1.165, 1.54) is 11.1 Å². The number of amides is 1. The molecule has 0 atom stereocenters. The van der Waals surface area contributed by atoms with Gasteiger partial charge in [-0.05, 0) is 55.5 Å². The first-order valence-electron chi connectivity index (χ1n) is 8.80.